The Hall–Kier alpha value is -4.68. The standard InChI is InChI=1S/C43H47N3O6S/c1-30-17-23-38(24-18-30)53(49,50)45-39(25-32-11-6-4-7-12-32)42(48)44-37-16-10-15-36(26-37)43-51-40(28-46(3)27-33-13-8-5-9-14-33)31(2)41(52-43)35-21-19-34(29-47)20-22-35/h4-24,26,31,39-41,43,45,47H,25,27-29H2,1-3H3,(H,44,48)/t31-,39-,40+,41+,43+/m1/s1. The maximum atomic E-state index is 13.9. The van der Waals surface area contributed by atoms with E-state index in [4.69, 9.17) is 9.47 Å². The smallest absolute Gasteiger partial charge is 0.242 e. The minimum absolute atomic E-state index is 0.00682. The summed E-state index contributed by atoms with van der Waals surface area (Å²) in [6.07, 6.45) is -1.10. The number of aliphatic hydroxyl groups is 1. The highest BCUT2D eigenvalue weighted by Crippen LogP contribution is 2.42. The largest absolute Gasteiger partial charge is 0.392 e. The predicted molar refractivity (Wildman–Crippen MR) is 206 cm³/mol. The Balaban J connectivity index is 1.23. The molecule has 276 valence electrons. The van der Waals surface area contributed by atoms with Gasteiger partial charge in [-0.05, 0) is 66.9 Å². The van der Waals surface area contributed by atoms with E-state index in [1.807, 2.05) is 97.9 Å². The fraction of sp³-hybridized carbons (Fsp3) is 0.279. The third-order valence-electron chi connectivity index (χ3n) is 9.56. The molecule has 0 aromatic heterocycles. The number of carbonyl (C=O) groups is 1. The monoisotopic (exact) mass is 733 g/mol. The van der Waals surface area contributed by atoms with Gasteiger partial charge in [0.1, 0.15) is 6.04 Å². The van der Waals surface area contributed by atoms with Crippen LogP contribution in [0.3, 0.4) is 0 Å². The molecule has 1 amide bonds. The van der Waals surface area contributed by atoms with Crippen LogP contribution in [0.5, 0.6) is 0 Å². The van der Waals surface area contributed by atoms with Crippen LogP contribution in [0.4, 0.5) is 5.69 Å². The van der Waals surface area contributed by atoms with E-state index in [1.165, 1.54) is 17.7 Å². The zero-order valence-electron chi connectivity index (χ0n) is 30.3. The van der Waals surface area contributed by atoms with Crippen LogP contribution in [0.2, 0.25) is 0 Å². The van der Waals surface area contributed by atoms with Crippen molar-refractivity contribution in [2.45, 2.75) is 62.9 Å². The summed E-state index contributed by atoms with van der Waals surface area (Å²) in [5, 5.41) is 12.6. The molecular weight excluding hydrogens is 687 g/mol. The van der Waals surface area contributed by atoms with Gasteiger partial charge in [0, 0.05) is 30.3 Å². The molecule has 0 saturated carbocycles. The van der Waals surface area contributed by atoms with Gasteiger partial charge >= 0.3 is 0 Å². The molecule has 1 heterocycles. The van der Waals surface area contributed by atoms with Crippen molar-refractivity contribution in [1.82, 2.24) is 9.62 Å². The first kappa shape index (κ1) is 38.1. The Morgan fingerprint density at radius 3 is 2.11 bits per heavy atom. The minimum atomic E-state index is -4.01. The molecule has 5 aromatic carbocycles. The van der Waals surface area contributed by atoms with Gasteiger partial charge in [-0.2, -0.15) is 4.72 Å². The van der Waals surface area contributed by atoms with E-state index in [9.17, 15) is 18.3 Å². The quantitative estimate of drug-likeness (QED) is 0.113. The normalized spacial score (nSPS) is 19.5. The summed E-state index contributed by atoms with van der Waals surface area (Å²) in [6, 6.07) is 40.1. The number of likely N-dealkylation sites (N-methyl/N-ethyl adjacent to an activating group) is 1. The number of hydrogen-bond donors (Lipinski definition) is 3. The van der Waals surface area contributed by atoms with Gasteiger partial charge in [-0.15, -0.1) is 0 Å². The Labute approximate surface area is 312 Å². The third-order valence-corrected chi connectivity index (χ3v) is 11.1. The van der Waals surface area contributed by atoms with Crippen molar-refractivity contribution < 1.29 is 27.8 Å². The second-order valence-electron chi connectivity index (χ2n) is 13.8. The summed E-state index contributed by atoms with van der Waals surface area (Å²) in [5.41, 5.74) is 5.94. The van der Waals surface area contributed by atoms with Gasteiger partial charge in [-0.1, -0.05) is 122 Å². The van der Waals surface area contributed by atoms with Gasteiger partial charge in [-0.3, -0.25) is 9.69 Å². The Morgan fingerprint density at radius 1 is 0.792 bits per heavy atom. The maximum Gasteiger partial charge on any atom is 0.242 e. The molecule has 0 bridgehead atoms. The van der Waals surface area contributed by atoms with Crippen LogP contribution in [0.25, 0.3) is 0 Å². The van der Waals surface area contributed by atoms with Crippen molar-refractivity contribution in [2.75, 3.05) is 18.9 Å². The summed E-state index contributed by atoms with van der Waals surface area (Å²) in [6.45, 7) is 5.38. The highest BCUT2D eigenvalue weighted by molar-refractivity contribution is 7.89. The summed E-state index contributed by atoms with van der Waals surface area (Å²) >= 11 is 0. The van der Waals surface area contributed by atoms with Crippen molar-refractivity contribution in [3.8, 4) is 0 Å². The van der Waals surface area contributed by atoms with Gasteiger partial charge < -0.3 is 19.9 Å². The Kier molecular flexibility index (Phi) is 12.5. The van der Waals surface area contributed by atoms with Gasteiger partial charge in [0.25, 0.3) is 0 Å². The van der Waals surface area contributed by atoms with Crippen molar-refractivity contribution in [3.05, 3.63) is 167 Å². The van der Waals surface area contributed by atoms with Gasteiger partial charge in [0.2, 0.25) is 15.9 Å². The number of ether oxygens (including phenoxy) is 2. The number of hydrogen-bond acceptors (Lipinski definition) is 7. The molecule has 53 heavy (non-hydrogen) atoms. The number of nitrogens with zero attached hydrogens (tertiary/aromatic N) is 1. The topological polar surface area (TPSA) is 117 Å². The van der Waals surface area contributed by atoms with Crippen molar-refractivity contribution in [2.24, 2.45) is 5.92 Å². The van der Waals surface area contributed by atoms with E-state index in [0.717, 1.165) is 28.8 Å². The summed E-state index contributed by atoms with van der Waals surface area (Å²) in [5.74, 6) is -0.504. The van der Waals surface area contributed by atoms with Crippen molar-refractivity contribution >= 4 is 21.6 Å². The SMILES string of the molecule is Cc1ccc(S(=O)(=O)N[C@H](Cc2ccccc2)C(=O)Nc2cccc([C@H]3O[C@@H](CN(C)Cc4ccccc4)[C@@H](C)[C@@H](c4ccc(CO)cc4)O3)c2)cc1. The third kappa shape index (κ3) is 10.1. The summed E-state index contributed by atoms with van der Waals surface area (Å²) in [7, 11) is -1.93. The molecular formula is C43H47N3O6S. The van der Waals surface area contributed by atoms with E-state index in [-0.39, 0.29) is 36.0 Å². The van der Waals surface area contributed by atoms with E-state index in [0.29, 0.717) is 17.8 Å². The number of sulfonamides is 1. The number of rotatable bonds is 14. The molecule has 0 aliphatic carbocycles. The van der Waals surface area contributed by atoms with Crippen molar-refractivity contribution in [1.29, 1.82) is 0 Å². The number of anilines is 1. The second-order valence-corrected chi connectivity index (χ2v) is 15.5. The number of aliphatic hydroxyl groups excluding tert-OH is 1. The van der Waals surface area contributed by atoms with Gasteiger partial charge in [0.05, 0.1) is 23.7 Å². The van der Waals surface area contributed by atoms with Gasteiger partial charge in [-0.25, -0.2) is 8.42 Å². The number of nitrogens with one attached hydrogen (secondary N) is 2. The first-order chi connectivity index (χ1) is 25.6. The van der Waals surface area contributed by atoms with Crippen LogP contribution >= 0.6 is 0 Å². The number of carbonyl (C=O) groups excluding carboxylic acids is 1. The fourth-order valence-corrected chi connectivity index (χ4v) is 7.79. The zero-order chi connectivity index (χ0) is 37.4. The summed E-state index contributed by atoms with van der Waals surface area (Å²) in [4.78, 5) is 16.2. The molecule has 3 N–H and O–H groups in total. The highest BCUT2D eigenvalue weighted by atomic mass is 32.2. The average Bonchev–Trinajstić information content (AvgIpc) is 3.16. The lowest BCUT2D eigenvalue weighted by atomic mass is 9.90. The first-order valence-corrected chi connectivity index (χ1v) is 19.3. The van der Waals surface area contributed by atoms with E-state index >= 15 is 0 Å². The van der Waals surface area contributed by atoms with Crippen molar-refractivity contribution in [3.63, 3.8) is 0 Å². The molecule has 5 atom stereocenters. The van der Waals surface area contributed by atoms with E-state index in [2.05, 4.69) is 41.0 Å². The second kappa shape index (κ2) is 17.4. The first-order valence-electron chi connectivity index (χ1n) is 17.8. The zero-order valence-corrected chi connectivity index (χ0v) is 31.1. The molecule has 9 nitrogen and oxygen atoms in total. The molecule has 1 fully saturated rings. The Morgan fingerprint density at radius 2 is 1.45 bits per heavy atom. The Bertz CT molecular complexity index is 2040. The maximum absolute atomic E-state index is 13.9. The number of aryl methyl sites for hydroxylation is 1. The number of amides is 1. The molecule has 1 aliphatic heterocycles. The molecule has 10 heteroatoms. The van der Waals surface area contributed by atoms with Crippen LogP contribution in [-0.2, 0) is 43.9 Å². The summed E-state index contributed by atoms with van der Waals surface area (Å²) < 4.78 is 42.9. The van der Waals surface area contributed by atoms with Crippen LogP contribution in [0.15, 0.2) is 138 Å². The van der Waals surface area contributed by atoms with Crippen LogP contribution in [0.1, 0.15) is 52.7 Å². The van der Waals surface area contributed by atoms with E-state index in [1.54, 1.807) is 18.2 Å². The highest BCUT2D eigenvalue weighted by Gasteiger charge is 2.39. The predicted octanol–water partition coefficient (Wildman–Crippen LogP) is 6.94. The fourth-order valence-electron chi connectivity index (χ4n) is 6.60. The average molecular weight is 734 g/mol. The molecule has 0 radical (unpaired) electrons. The van der Waals surface area contributed by atoms with Crippen LogP contribution in [-0.4, -0.2) is 50.1 Å². The lowest BCUT2D eigenvalue weighted by Gasteiger charge is -2.42. The van der Waals surface area contributed by atoms with Crippen LogP contribution in [0, 0.1) is 12.8 Å². The van der Waals surface area contributed by atoms with Crippen LogP contribution < -0.4 is 10.0 Å². The molecule has 1 aliphatic rings. The molecule has 6 rings (SSSR count). The lowest BCUT2D eigenvalue weighted by Crippen LogP contribution is -2.45. The molecule has 5 aromatic rings. The number of benzene rings is 5. The van der Waals surface area contributed by atoms with E-state index < -0.39 is 28.3 Å². The lowest BCUT2D eigenvalue weighted by molar-refractivity contribution is -0.276. The van der Waals surface area contributed by atoms with Gasteiger partial charge in [0.15, 0.2) is 6.29 Å². The molecule has 0 spiro atoms. The molecule has 0 unspecified atom stereocenters. The minimum Gasteiger partial charge on any atom is -0.392 e. The molecule has 1 saturated heterocycles.